The van der Waals surface area contributed by atoms with Crippen LogP contribution in [0.25, 0.3) is 0 Å². The smallest absolute Gasteiger partial charge is 0.338 e. The topological polar surface area (TPSA) is 52.6 Å². The third-order valence-corrected chi connectivity index (χ3v) is 4.18. The van der Waals surface area contributed by atoms with Gasteiger partial charge in [-0.05, 0) is 50.0 Å². The van der Waals surface area contributed by atoms with Crippen molar-refractivity contribution in [2.45, 2.75) is 39.5 Å². The number of ether oxygens (including phenoxy) is 2. The first kappa shape index (κ1) is 19.0. The van der Waals surface area contributed by atoms with E-state index < -0.39 is 11.9 Å². The molecule has 0 aromatic carbocycles. The quantitative estimate of drug-likeness (QED) is 0.511. The van der Waals surface area contributed by atoms with E-state index in [4.69, 9.17) is 21.1 Å². The average Bonchev–Trinajstić information content (AvgIpc) is 2.55. The lowest BCUT2D eigenvalue weighted by atomic mass is 9.90. The molecule has 0 saturated heterocycles. The maximum atomic E-state index is 11.6. The van der Waals surface area contributed by atoms with Crippen LogP contribution >= 0.6 is 11.6 Å². The van der Waals surface area contributed by atoms with Crippen LogP contribution in [0.4, 0.5) is 0 Å². The molecular weight excluding hydrogens is 340 g/mol. The van der Waals surface area contributed by atoms with E-state index in [1.807, 2.05) is 6.08 Å². The Kier molecular flexibility index (Phi) is 6.21. The number of carbonyl (C=O) groups excluding carboxylic acids is 2. The number of carbonyl (C=O) groups is 2. The average molecular weight is 361 g/mol. The maximum absolute atomic E-state index is 11.6. The predicted octanol–water partition coefficient (Wildman–Crippen LogP) is 5.00. The molecule has 0 aromatic heterocycles. The zero-order chi connectivity index (χ0) is 18.6. The molecule has 0 radical (unpaired) electrons. The van der Waals surface area contributed by atoms with Gasteiger partial charge in [-0.1, -0.05) is 30.8 Å². The fraction of sp³-hybridized carbons (Fsp3) is 0.300. The van der Waals surface area contributed by atoms with Crippen LogP contribution < -0.4 is 0 Å². The summed E-state index contributed by atoms with van der Waals surface area (Å²) in [5, 5.41) is 0.567. The Bertz CT molecular complexity index is 763. The van der Waals surface area contributed by atoms with Crippen molar-refractivity contribution in [1.29, 1.82) is 0 Å². The van der Waals surface area contributed by atoms with E-state index in [2.05, 4.69) is 13.2 Å². The molecule has 0 bridgehead atoms. The van der Waals surface area contributed by atoms with Crippen LogP contribution in [0.2, 0.25) is 0 Å². The lowest BCUT2D eigenvalue weighted by molar-refractivity contribution is -0.136. The molecule has 0 aliphatic heterocycles. The van der Waals surface area contributed by atoms with Gasteiger partial charge in [0, 0.05) is 29.0 Å². The molecule has 0 atom stereocenters. The highest BCUT2D eigenvalue weighted by atomic mass is 35.5. The Labute approximate surface area is 152 Å². The van der Waals surface area contributed by atoms with Crippen LogP contribution in [0, 0.1) is 0 Å². The molecule has 132 valence electrons. The second-order valence-corrected chi connectivity index (χ2v) is 6.51. The molecule has 4 nitrogen and oxygen atoms in total. The van der Waals surface area contributed by atoms with E-state index in [0.717, 1.165) is 17.6 Å². The monoisotopic (exact) mass is 360 g/mol. The van der Waals surface area contributed by atoms with Gasteiger partial charge in [0.05, 0.1) is 0 Å². The van der Waals surface area contributed by atoms with Crippen molar-refractivity contribution < 1.29 is 19.1 Å². The molecule has 25 heavy (non-hydrogen) atoms. The summed E-state index contributed by atoms with van der Waals surface area (Å²) in [5.41, 5.74) is 2.85. The van der Waals surface area contributed by atoms with Gasteiger partial charge >= 0.3 is 11.9 Å². The largest absolute Gasteiger partial charge is 0.428 e. The van der Waals surface area contributed by atoms with Crippen molar-refractivity contribution in [2.24, 2.45) is 0 Å². The minimum absolute atomic E-state index is 0.351. The number of hydrogen-bond donors (Lipinski definition) is 0. The fourth-order valence-corrected chi connectivity index (χ4v) is 2.77. The van der Waals surface area contributed by atoms with Crippen LogP contribution in [0.3, 0.4) is 0 Å². The number of halogens is 1. The van der Waals surface area contributed by atoms with Gasteiger partial charge in [-0.2, -0.15) is 0 Å². The summed E-state index contributed by atoms with van der Waals surface area (Å²) in [6.45, 7) is 10.3. The van der Waals surface area contributed by atoms with Gasteiger partial charge in [-0.25, -0.2) is 9.59 Å². The predicted molar refractivity (Wildman–Crippen MR) is 97.4 cm³/mol. The Hall–Kier alpha value is -2.33. The third-order valence-electron chi connectivity index (χ3n) is 3.84. The Morgan fingerprint density at radius 2 is 1.48 bits per heavy atom. The highest BCUT2D eigenvalue weighted by Crippen LogP contribution is 2.36. The highest BCUT2D eigenvalue weighted by molar-refractivity contribution is 6.32. The van der Waals surface area contributed by atoms with E-state index in [9.17, 15) is 9.59 Å². The molecule has 0 unspecified atom stereocenters. The summed E-state index contributed by atoms with van der Waals surface area (Å²) in [5.74, 6) is 0.313. The summed E-state index contributed by atoms with van der Waals surface area (Å²) in [6.07, 6.45) is 8.04. The molecule has 2 aliphatic carbocycles. The van der Waals surface area contributed by atoms with E-state index in [0.29, 0.717) is 47.0 Å². The minimum Gasteiger partial charge on any atom is -0.428 e. The van der Waals surface area contributed by atoms with Crippen LogP contribution in [0.5, 0.6) is 0 Å². The van der Waals surface area contributed by atoms with Crippen LogP contribution in [-0.4, -0.2) is 11.9 Å². The van der Waals surface area contributed by atoms with Crippen LogP contribution in [0.15, 0.2) is 70.2 Å². The summed E-state index contributed by atoms with van der Waals surface area (Å²) >= 11 is 6.37. The van der Waals surface area contributed by atoms with E-state index in [1.165, 1.54) is 0 Å². The molecule has 5 heteroatoms. The second-order valence-electron chi connectivity index (χ2n) is 6.10. The van der Waals surface area contributed by atoms with Gasteiger partial charge in [0.1, 0.15) is 11.5 Å². The minimum atomic E-state index is -0.442. The number of esters is 2. The first-order valence-electron chi connectivity index (χ1n) is 8.02. The first-order chi connectivity index (χ1) is 11.8. The van der Waals surface area contributed by atoms with Gasteiger partial charge in [-0.3, -0.25) is 0 Å². The lowest BCUT2D eigenvalue weighted by Crippen LogP contribution is -2.10. The maximum Gasteiger partial charge on any atom is 0.338 e. The number of allylic oxidation sites excluding steroid dienone is 8. The number of hydrogen-bond acceptors (Lipinski definition) is 4. The van der Waals surface area contributed by atoms with Gasteiger partial charge in [0.25, 0.3) is 0 Å². The highest BCUT2D eigenvalue weighted by Gasteiger charge is 2.20. The molecular formula is C20H21ClO4. The SMILES string of the molecule is C=C(C)C(=O)OC1=CC=C(C2=C(Cl)C=C(OC(=O)C(=C)C)CC2)CC1. The first-order valence-corrected chi connectivity index (χ1v) is 8.40. The summed E-state index contributed by atoms with van der Waals surface area (Å²) in [4.78, 5) is 23.1. The van der Waals surface area contributed by atoms with Crippen molar-refractivity contribution in [3.63, 3.8) is 0 Å². The van der Waals surface area contributed by atoms with E-state index in [1.54, 1.807) is 26.0 Å². The normalized spacial score (nSPS) is 17.2. The summed E-state index contributed by atoms with van der Waals surface area (Å²) in [7, 11) is 0. The Balaban J connectivity index is 2.10. The van der Waals surface area contributed by atoms with Crippen LogP contribution in [0.1, 0.15) is 39.5 Å². The van der Waals surface area contributed by atoms with Gasteiger partial charge < -0.3 is 9.47 Å². The van der Waals surface area contributed by atoms with Crippen molar-refractivity contribution in [2.75, 3.05) is 0 Å². The van der Waals surface area contributed by atoms with E-state index >= 15 is 0 Å². The lowest BCUT2D eigenvalue weighted by Gasteiger charge is -2.21. The molecule has 0 saturated carbocycles. The summed E-state index contributed by atoms with van der Waals surface area (Å²) in [6, 6.07) is 0. The molecule has 0 spiro atoms. The third kappa shape index (κ3) is 5.07. The zero-order valence-electron chi connectivity index (χ0n) is 14.5. The second kappa shape index (κ2) is 8.17. The van der Waals surface area contributed by atoms with Crippen LogP contribution in [-0.2, 0) is 19.1 Å². The van der Waals surface area contributed by atoms with Gasteiger partial charge in [0.2, 0.25) is 0 Å². The molecule has 0 aromatic rings. The van der Waals surface area contributed by atoms with Crippen molar-refractivity contribution >= 4 is 23.5 Å². The molecule has 0 amide bonds. The number of rotatable bonds is 5. The zero-order valence-corrected chi connectivity index (χ0v) is 15.2. The Morgan fingerprint density at radius 3 is 1.96 bits per heavy atom. The van der Waals surface area contributed by atoms with E-state index in [-0.39, 0.29) is 0 Å². The molecule has 2 aliphatic rings. The Morgan fingerprint density at radius 1 is 0.920 bits per heavy atom. The fourth-order valence-electron chi connectivity index (χ4n) is 2.43. The van der Waals surface area contributed by atoms with Gasteiger partial charge in [0.15, 0.2) is 0 Å². The van der Waals surface area contributed by atoms with Crippen molar-refractivity contribution in [3.8, 4) is 0 Å². The molecule has 0 fully saturated rings. The molecule has 0 heterocycles. The molecule has 0 N–H and O–H groups in total. The molecule has 2 rings (SSSR count). The van der Waals surface area contributed by atoms with Gasteiger partial charge in [-0.15, -0.1) is 0 Å². The summed E-state index contributed by atoms with van der Waals surface area (Å²) < 4.78 is 10.5. The van der Waals surface area contributed by atoms with Crippen molar-refractivity contribution in [1.82, 2.24) is 0 Å². The standard InChI is InChI=1S/C20H21ClO4/c1-12(2)19(22)24-15-7-5-14(6-8-15)17-10-9-16(11-18(17)21)25-20(23)13(3)4/h5,7,11H,1,3,6,8-10H2,2,4H3. The van der Waals surface area contributed by atoms with Crippen molar-refractivity contribution in [3.05, 3.63) is 70.2 Å².